The Morgan fingerprint density at radius 1 is 1.15 bits per heavy atom. The highest BCUT2D eigenvalue weighted by Gasteiger charge is 2.20. The van der Waals surface area contributed by atoms with Crippen LogP contribution in [0.5, 0.6) is 0 Å². The van der Waals surface area contributed by atoms with E-state index in [9.17, 15) is 5.11 Å². The molecule has 1 aliphatic heterocycles. The van der Waals surface area contributed by atoms with Gasteiger partial charge in [-0.2, -0.15) is 0 Å². The number of piperidine rings is 1. The van der Waals surface area contributed by atoms with Gasteiger partial charge in [-0.05, 0) is 49.4 Å². The van der Waals surface area contributed by atoms with Gasteiger partial charge in [0.2, 0.25) is 0 Å². The lowest BCUT2D eigenvalue weighted by Gasteiger charge is -2.32. The molecule has 1 unspecified atom stereocenters. The van der Waals surface area contributed by atoms with Crippen molar-refractivity contribution in [2.45, 2.75) is 52.1 Å². The summed E-state index contributed by atoms with van der Waals surface area (Å²) in [5.41, 5.74) is 2.43. The molecule has 2 nitrogen and oxygen atoms in total. The third-order valence-electron chi connectivity index (χ3n) is 4.62. The van der Waals surface area contributed by atoms with Crippen molar-refractivity contribution in [3.05, 3.63) is 35.4 Å². The fourth-order valence-corrected chi connectivity index (χ4v) is 3.12. The Labute approximate surface area is 123 Å². The van der Waals surface area contributed by atoms with Crippen molar-refractivity contribution in [3.63, 3.8) is 0 Å². The third-order valence-corrected chi connectivity index (χ3v) is 4.62. The van der Waals surface area contributed by atoms with Crippen molar-refractivity contribution in [1.29, 1.82) is 0 Å². The monoisotopic (exact) mass is 275 g/mol. The first-order valence-corrected chi connectivity index (χ1v) is 8.22. The molecule has 0 saturated carbocycles. The Hall–Kier alpha value is -0.860. The lowest BCUT2D eigenvalue weighted by atomic mass is 9.94. The average molecular weight is 275 g/mol. The van der Waals surface area contributed by atoms with E-state index < -0.39 is 0 Å². The number of likely N-dealkylation sites (tertiary alicyclic amines) is 1. The fourth-order valence-electron chi connectivity index (χ4n) is 3.12. The summed E-state index contributed by atoms with van der Waals surface area (Å²) >= 11 is 0. The molecule has 112 valence electrons. The zero-order valence-corrected chi connectivity index (χ0v) is 13.0. The molecule has 1 aromatic carbocycles. The minimum absolute atomic E-state index is 0.344. The van der Waals surface area contributed by atoms with Gasteiger partial charge in [-0.25, -0.2) is 0 Å². The molecule has 0 radical (unpaired) electrons. The van der Waals surface area contributed by atoms with Gasteiger partial charge in [0, 0.05) is 6.54 Å². The van der Waals surface area contributed by atoms with Crippen molar-refractivity contribution in [2.75, 3.05) is 19.6 Å². The highest BCUT2D eigenvalue weighted by Crippen LogP contribution is 2.22. The molecule has 1 heterocycles. The van der Waals surface area contributed by atoms with Gasteiger partial charge in [-0.15, -0.1) is 0 Å². The second kappa shape index (κ2) is 7.80. The van der Waals surface area contributed by atoms with Gasteiger partial charge in [-0.3, -0.25) is 0 Å². The van der Waals surface area contributed by atoms with Crippen LogP contribution in [-0.4, -0.2) is 29.6 Å². The summed E-state index contributed by atoms with van der Waals surface area (Å²) in [6.45, 7) is 7.55. The maximum absolute atomic E-state index is 10.4. The largest absolute Gasteiger partial charge is 0.387 e. The number of benzene rings is 1. The van der Waals surface area contributed by atoms with Gasteiger partial charge < -0.3 is 10.0 Å². The first-order chi connectivity index (χ1) is 9.72. The van der Waals surface area contributed by atoms with Gasteiger partial charge >= 0.3 is 0 Å². The highest BCUT2D eigenvalue weighted by molar-refractivity contribution is 5.24. The normalized spacial score (nSPS) is 19.1. The number of aryl methyl sites for hydroxylation is 1. The molecule has 2 rings (SSSR count). The van der Waals surface area contributed by atoms with Crippen LogP contribution >= 0.6 is 0 Å². The van der Waals surface area contributed by atoms with Gasteiger partial charge in [0.25, 0.3) is 0 Å². The Kier molecular flexibility index (Phi) is 6.06. The molecule has 1 aromatic rings. The second-order valence-corrected chi connectivity index (χ2v) is 6.16. The number of hydrogen-bond donors (Lipinski definition) is 1. The molecule has 0 spiro atoms. The molecule has 1 aliphatic rings. The van der Waals surface area contributed by atoms with E-state index in [1.807, 2.05) is 0 Å². The summed E-state index contributed by atoms with van der Waals surface area (Å²) in [5, 5.41) is 10.4. The van der Waals surface area contributed by atoms with Crippen molar-refractivity contribution in [3.8, 4) is 0 Å². The topological polar surface area (TPSA) is 23.5 Å². The zero-order chi connectivity index (χ0) is 14.4. The van der Waals surface area contributed by atoms with Crippen LogP contribution in [0.15, 0.2) is 24.3 Å². The van der Waals surface area contributed by atoms with Crippen LogP contribution in [0.3, 0.4) is 0 Å². The van der Waals surface area contributed by atoms with Crippen LogP contribution in [0.2, 0.25) is 0 Å². The van der Waals surface area contributed by atoms with Crippen molar-refractivity contribution >= 4 is 0 Å². The molecule has 1 fully saturated rings. The summed E-state index contributed by atoms with van der Waals surface area (Å²) in [4.78, 5) is 2.41. The summed E-state index contributed by atoms with van der Waals surface area (Å²) in [5.74, 6) is 0.900. The molecule has 0 aromatic heterocycles. The lowest BCUT2D eigenvalue weighted by Crippen LogP contribution is -2.36. The van der Waals surface area contributed by atoms with Crippen LogP contribution < -0.4 is 0 Å². The first kappa shape index (κ1) is 15.5. The summed E-state index contributed by atoms with van der Waals surface area (Å²) in [6, 6.07) is 8.50. The SMILES string of the molecule is CCCc1ccc(C(O)CN2CCC(CC)CC2)cc1. The van der Waals surface area contributed by atoms with Crippen molar-refractivity contribution < 1.29 is 5.11 Å². The van der Waals surface area contributed by atoms with Crippen LogP contribution in [0, 0.1) is 5.92 Å². The van der Waals surface area contributed by atoms with E-state index >= 15 is 0 Å². The van der Waals surface area contributed by atoms with Gasteiger partial charge in [0.15, 0.2) is 0 Å². The minimum Gasteiger partial charge on any atom is -0.387 e. The maximum Gasteiger partial charge on any atom is 0.0916 e. The summed E-state index contributed by atoms with van der Waals surface area (Å²) in [6.07, 6.45) is 5.84. The molecule has 2 heteroatoms. The van der Waals surface area contributed by atoms with Crippen LogP contribution in [0.1, 0.15) is 56.8 Å². The molecule has 0 bridgehead atoms. The molecule has 1 atom stereocenters. The van der Waals surface area contributed by atoms with Crippen LogP contribution in [-0.2, 0) is 6.42 Å². The number of aliphatic hydroxyl groups is 1. The molecule has 0 amide bonds. The highest BCUT2D eigenvalue weighted by atomic mass is 16.3. The molecule has 20 heavy (non-hydrogen) atoms. The summed E-state index contributed by atoms with van der Waals surface area (Å²) in [7, 11) is 0. The van der Waals surface area contributed by atoms with Crippen molar-refractivity contribution in [1.82, 2.24) is 4.90 Å². The van der Waals surface area contributed by atoms with Gasteiger partial charge in [-0.1, -0.05) is 51.0 Å². The van der Waals surface area contributed by atoms with Gasteiger partial charge in [0.05, 0.1) is 6.10 Å². The number of β-amino-alcohol motifs (C(OH)–C–C–N with tert-alkyl or cyclic N) is 1. The minimum atomic E-state index is -0.344. The number of nitrogens with zero attached hydrogens (tertiary/aromatic N) is 1. The third kappa shape index (κ3) is 4.32. The predicted octanol–water partition coefficient (Wildman–Crippen LogP) is 3.79. The predicted molar refractivity (Wildman–Crippen MR) is 84.9 cm³/mol. The smallest absolute Gasteiger partial charge is 0.0916 e. The molecule has 0 aliphatic carbocycles. The maximum atomic E-state index is 10.4. The van der Waals surface area contributed by atoms with Crippen LogP contribution in [0.25, 0.3) is 0 Å². The lowest BCUT2D eigenvalue weighted by molar-refractivity contribution is 0.0887. The van der Waals surface area contributed by atoms with E-state index in [1.165, 1.54) is 31.2 Å². The van der Waals surface area contributed by atoms with E-state index in [4.69, 9.17) is 0 Å². The number of rotatable bonds is 6. The molecular formula is C18H29NO. The van der Waals surface area contributed by atoms with Crippen molar-refractivity contribution in [2.24, 2.45) is 5.92 Å². The first-order valence-electron chi connectivity index (χ1n) is 8.22. The van der Waals surface area contributed by atoms with E-state index in [1.54, 1.807) is 0 Å². The Morgan fingerprint density at radius 2 is 1.80 bits per heavy atom. The Bertz CT molecular complexity index is 379. The second-order valence-electron chi connectivity index (χ2n) is 6.16. The molecular weight excluding hydrogens is 246 g/mol. The number of hydrogen-bond acceptors (Lipinski definition) is 2. The average Bonchev–Trinajstić information content (AvgIpc) is 2.49. The van der Waals surface area contributed by atoms with E-state index in [0.29, 0.717) is 0 Å². The van der Waals surface area contributed by atoms with E-state index in [-0.39, 0.29) is 6.10 Å². The van der Waals surface area contributed by atoms with Crippen LogP contribution in [0.4, 0.5) is 0 Å². The molecule has 1 saturated heterocycles. The quantitative estimate of drug-likeness (QED) is 0.853. The Morgan fingerprint density at radius 3 is 2.35 bits per heavy atom. The standard InChI is InChI=1S/C18H29NO/c1-3-5-16-6-8-17(9-7-16)18(20)14-19-12-10-15(4-2)11-13-19/h6-9,15,18,20H,3-5,10-14H2,1-2H3. The van der Waals surface area contributed by atoms with E-state index in [2.05, 4.69) is 43.0 Å². The summed E-state index contributed by atoms with van der Waals surface area (Å²) < 4.78 is 0. The Balaban J connectivity index is 1.83. The molecule has 1 N–H and O–H groups in total. The van der Waals surface area contributed by atoms with Gasteiger partial charge in [0.1, 0.15) is 0 Å². The zero-order valence-electron chi connectivity index (χ0n) is 13.0. The van der Waals surface area contributed by atoms with E-state index in [0.717, 1.165) is 37.5 Å². The number of aliphatic hydroxyl groups excluding tert-OH is 1. The fraction of sp³-hybridized carbons (Fsp3) is 0.667.